The molecule has 0 amide bonds. The van der Waals surface area contributed by atoms with Crippen molar-refractivity contribution in [2.24, 2.45) is 0 Å². The number of esters is 1. The van der Waals surface area contributed by atoms with Gasteiger partial charge in [0.2, 0.25) is 7.50 Å². The molecule has 1 aromatic rings. The molecule has 0 aliphatic heterocycles. The summed E-state index contributed by atoms with van der Waals surface area (Å²) in [5, 5.41) is 2.97. The minimum atomic E-state index is -1.21. The second-order valence-electron chi connectivity index (χ2n) is 4.01. The number of carbonyl (C=O) groups excluding carboxylic acids is 1. The number of para-hydroxylation sites is 1. The van der Waals surface area contributed by atoms with Crippen molar-refractivity contribution < 1.29 is 14.1 Å². The topological polar surface area (TPSA) is 47.6 Å². The quantitative estimate of drug-likeness (QED) is 0.479. The zero-order chi connectivity index (χ0) is 13.5. The Bertz CT molecular complexity index is 375. The fraction of sp³-hybridized carbons (Fsp3) is 0.417. The summed E-state index contributed by atoms with van der Waals surface area (Å²) in [6, 6.07) is 8.89. The van der Waals surface area contributed by atoms with Crippen molar-refractivity contribution >= 4 is 25.7 Å². The van der Waals surface area contributed by atoms with Gasteiger partial charge in [0.25, 0.3) is 0 Å². The number of nitrogens with one attached hydrogen (secondary N) is 1. The van der Waals surface area contributed by atoms with Gasteiger partial charge in [0, 0.05) is 0 Å². The summed E-state index contributed by atoms with van der Waals surface area (Å²) in [7, 11) is -1.21. The molecule has 0 fully saturated rings. The molecule has 4 nitrogen and oxygen atoms in total. The van der Waals surface area contributed by atoms with Crippen LogP contribution in [0.15, 0.2) is 30.3 Å². The second-order valence-corrected chi connectivity index (χ2v) is 6.09. The highest BCUT2D eigenvalue weighted by atomic mass is 32.7. The number of rotatable bonds is 6. The van der Waals surface area contributed by atoms with Gasteiger partial charge in [-0.05, 0) is 32.9 Å². The number of hydrogen-bond donors (Lipinski definition) is 2. The third kappa shape index (κ3) is 5.71. The summed E-state index contributed by atoms with van der Waals surface area (Å²) in [5.41, 5.74) is 0. The van der Waals surface area contributed by atoms with E-state index < -0.39 is 13.5 Å². The Labute approximate surface area is 114 Å². The lowest BCUT2D eigenvalue weighted by molar-refractivity contribution is -0.148. The Morgan fingerprint density at radius 2 is 1.89 bits per heavy atom. The van der Waals surface area contributed by atoms with Crippen molar-refractivity contribution in [1.29, 1.82) is 0 Å². The smallest absolute Gasteiger partial charge is 0.323 e. The fourth-order valence-corrected chi connectivity index (χ4v) is 2.77. The molecule has 0 saturated heterocycles. The largest absolute Gasteiger partial charge is 0.462 e. The predicted octanol–water partition coefficient (Wildman–Crippen LogP) is 3.15. The SMILES string of the molecule is CC(C)OC(=O)C(C)NP(S)Oc1ccccc1. The number of benzene rings is 1. The lowest BCUT2D eigenvalue weighted by Crippen LogP contribution is -2.33. The van der Waals surface area contributed by atoms with Crippen molar-refractivity contribution in [2.45, 2.75) is 32.9 Å². The molecule has 2 atom stereocenters. The minimum Gasteiger partial charge on any atom is -0.462 e. The van der Waals surface area contributed by atoms with E-state index in [-0.39, 0.29) is 12.1 Å². The van der Waals surface area contributed by atoms with Crippen LogP contribution in [0.3, 0.4) is 0 Å². The van der Waals surface area contributed by atoms with E-state index in [0.29, 0.717) is 0 Å². The zero-order valence-electron chi connectivity index (χ0n) is 10.7. The van der Waals surface area contributed by atoms with Crippen LogP contribution in [0.5, 0.6) is 5.75 Å². The molecule has 6 heteroatoms. The van der Waals surface area contributed by atoms with Gasteiger partial charge in [0.05, 0.1) is 6.10 Å². The molecule has 1 aromatic carbocycles. The Kier molecular flexibility index (Phi) is 6.47. The summed E-state index contributed by atoms with van der Waals surface area (Å²) in [6.07, 6.45) is -0.122. The van der Waals surface area contributed by atoms with Crippen molar-refractivity contribution in [3.63, 3.8) is 0 Å². The van der Waals surface area contributed by atoms with Crippen LogP contribution in [0.1, 0.15) is 20.8 Å². The third-order valence-corrected chi connectivity index (χ3v) is 3.53. The van der Waals surface area contributed by atoms with Gasteiger partial charge in [-0.3, -0.25) is 4.79 Å². The fourth-order valence-electron chi connectivity index (χ4n) is 1.16. The van der Waals surface area contributed by atoms with Gasteiger partial charge < -0.3 is 9.26 Å². The van der Waals surface area contributed by atoms with Crippen LogP contribution in [0.4, 0.5) is 0 Å². The number of thiol groups is 1. The molecule has 0 heterocycles. The Morgan fingerprint density at radius 3 is 2.44 bits per heavy atom. The molecule has 0 spiro atoms. The number of hydrogen-bond acceptors (Lipinski definition) is 5. The molecule has 0 saturated carbocycles. The van der Waals surface area contributed by atoms with Gasteiger partial charge in [-0.15, -0.1) is 0 Å². The first-order chi connectivity index (χ1) is 8.49. The molecule has 1 rings (SSSR count). The molecular weight excluding hydrogens is 269 g/mol. The van der Waals surface area contributed by atoms with E-state index in [1.54, 1.807) is 6.92 Å². The molecule has 2 unspecified atom stereocenters. The van der Waals surface area contributed by atoms with E-state index in [1.807, 2.05) is 44.2 Å². The third-order valence-electron chi connectivity index (χ3n) is 1.94. The van der Waals surface area contributed by atoms with Crippen LogP contribution >= 0.6 is 19.7 Å². The van der Waals surface area contributed by atoms with Crippen molar-refractivity contribution in [3.05, 3.63) is 30.3 Å². The van der Waals surface area contributed by atoms with E-state index in [2.05, 4.69) is 17.3 Å². The molecular formula is C12H18NO3PS. The first-order valence-electron chi connectivity index (χ1n) is 5.67. The van der Waals surface area contributed by atoms with Crippen LogP contribution in [-0.2, 0) is 9.53 Å². The molecule has 0 aliphatic carbocycles. The monoisotopic (exact) mass is 287 g/mol. The van der Waals surface area contributed by atoms with Crippen molar-refractivity contribution in [2.75, 3.05) is 0 Å². The Morgan fingerprint density at radius 1 is 1.28 bits per heavy atom. The molecule has 18 heavy (non-hydrogen) atoms. The molecule has 0 aromatic heterocycles. The molecule has 1 N–H and O–H groups in total. The van der Waals surface area contributed by atoms with E-state index in [0.717, 1.165) is 5.75 Å². The first-order valence-corrected chi connectivity index (χ1v) is 8.09. The average molecular weight is 287 g/mol. The number of carbonyl (C=O) groups is 1. The van der Waals surface area contributed by atoms with Crippen LogP contribution in [0.2, 0.25) is 0 Å². The minimum absolute atomic E-state index is 0.122. The van der Waals surface area contributed by atoms with Crippen LogP contribution in [0.25, 0.3) is 0 Å². The van der Waals surface area contributed by atoms with Crippen LogP contribution in [-0.4, -0.2) is 18.1 Å². The normalized spacial score (nSPS) is 14.1. The lowest BCUT2D eigenvalue weighted by Gasteiger charge is -2.19. The van der Waals surface area contributed by atoms with Gasteiger partial charge >= 0.3 is 5.97 Å². The lowest BCUT2D eigenvalue weighted by atomic mass is 10.3. The Balaban J connectivity index is 2.40. The standard InChI is InChI=1S/C12H18NO3PS/c1-9(2)15-12(14)10(3)13-17(18)16-11-7-5-4-6-8-11/h4-10,13,18H,1-3H3. The summed E-state index contributed by atoms with van der Waals surface area (Å²) in [5.74, 6) is 0.416. The van der Waals surface area contributed by atoms with Gasteiger partial charge in [0.15, 0.2) is 0 Å². The van der Waals surface area contributed by atoms with Crippen molar-refractivity contribution in [1.82, 2.24) is 5.09 Å². The van der Waals surface area contributed by atoms with Gasteiger partial charge in [-0.1, -0.05) is 30.4 Å². The van der Waals surface area contributed by atoms with E-state index >= 15 is 0 Å². The van der Waals surface area contributed by atoms with Gasteiger partial charge in [0.1, 0.15) is 11.8 Å². The summed E-state index contributed by atoms with van der Waals surface area (Å²) < 4.78 is 10.6. The van der Waals surface area contributed by atoms with E-state index in [1.165, 1.54) is 0 Å². The summed E-state index contributed by atoms with van der Waals surface area (Å²) in [6.45, 7) is 5.35. The molecule has 0 radical (unpaired) electrons. The average Bonchev–Trinajstić information content (AvgIpc) is 2.29. The maximum Gasteiger partial charge on any atom is 0.323 e. The van der Waals surface area contributed by atoms with Gasteiger partial charge in [-0.25, -0.2) is 5.09 Å². The highest BCUT2D eigenvalue weighted by Gasteiger charge is 2.19. The maximum atomic E-state index is 11.6. The summed E-state index contributed by atoms with van der Waals surface area (Å²) in [4.78, 5) is 11.6. The van der Waals surface area contributed by atoms with Crippen LogP contribution < -0.4 is 9.61 Å². The zero-order valence-corrected chi connectivity index (χ0v) is 12.4. The van der Waals surface area contributed by atoms with E-state index in [9.17, 15) is 4.79 Å². The first kappa shape index (κ1) is 15.3. The number of ether oxygens (including phenoxy) is 1. The van der Waals surface area contributed by atoms with Crippen LogP contribution in [0, 0.1) is 0 Å². The van der Waals surface area contributed by atoms with E-state index in [4.69, 9.17) is 9.26 Å². The predicted molar refractivity (Wildman–Crippen MR) is 76.8 cm³/mol. The highest BCUT2D eigenvalue weighted by Crippen LogP contribution is 2.38. The molecule has 0 aliphatic rings. The highest BCUT2D eigenvalue weighted by molar-refractivity contribution is 8.43. The second kappa shape index (κ2) is 7.62. The van der Waals surface area contributed by atoms with Crippen molar-refractivity contribution in [3.8, 4) is 5.75 Å². The van der Waals surface area contributed by atoms with Gasteiger partial charge in [-0.2, -0.15) is 0 Å². The molecule has 100 valence electrons. The maximum absolute atomic E-state index is 11.6. The Hall–Kier alpha value is -0.770. The molecule has 0 bridgehead atoms. The summed E-state index contributed by atoms with van der Waals surface area (Å²) >= 11 is 4.29.